The Morgan fingerprint density at radius 2 is 2.03 bits per heavy atom. The minimum absolute atomic E-state index is 0.0103. The van der Waals surface area contributed by atoms with Gasteiger partial charge in [0.25, 0.3) is 5.91 Å². The quantitative estimate of drug-likeness (QED) is 0.618. The van der Waals surface area contributed by atoms with E-state index in [1.807, 2.05) is 0 Å². The van der Waals surface area contributed by atoms with Crippen molar-refractivity contribution < 1.29 is 23.0 Å². The Morgan fingerprint density at radius 1 is 1.33 bits per heavy atom. The van der Waals surface area contributed by atoms with Gasteiger partial charge in [-0.15, -0.1) is 0 Å². The van der Waals surface area contributed by atoms with Crippen LogP contribution in [0.1, 0.15) is 34.8 Å². The van der Waals surface area contributed by atoms with Crippen molar-refractivity contribution in [2.75, 3.05) is 13.7 Å². The summed E-state index contributed by atoms with van der Waals surface area (Å²) in [5, 5.41) is 0.664. The molecule has 0 spiro atoms. The Labute approximate surface area is 179 Å². The molecule has 1 aliphatic heterocycles. The zero-order valence-corrected chi connectivity index (χ0v) is 17.4. The summed E-state index contributed by atoms with van der Waals surface area (Å²) in [5.41, 5.74) is 1.82. The van der Waals surface area contributed by atoms with Crippen LogP contribution in [0.25, 0.3) is 10.9 Å². The maximum atomic E-state index is 13.0. The number of H-pyrrole nitrogens is 1. The summed E-state index contributed by atoms with van der Waals surface area (Å²) in [4.78, 5) is 25.8. The molecule has 0 aliphatic carbocycles. The van der Waals surface area contributed by atoms with E-state index >= 15 is 0 Å². The Bertz CT molecular complexity index is 1120. The molecule has 0 saturated heterocycles. The maximum Gasteiger partial charge on any atom is 0.387 e. The van der Waals surface area contributed by atoms with Crippen molar-refractivity contribution in [1.29, 1.82) is 0 Å². The topological polar surface area (TPSA) is 80.3 Å². The Hall–Kier alpha value is -2.65. The number of rotatable bonds is 4. The van der Waals surface area contributed by atoms with Gasteiger partial charge >= 0.3 is 6.61 Å². The standard InChI is InChI=1S/C19H16Cl2F2N4O3/c1-8-13-11(3-4-27(8)18(28)17-24-6-9(29-2)7-25-17)26-16-14(13)12(30-19(22)23)5-10(20)15(16)21/h5-8,19,26H,3-4H2,1-2H3/t8-/m0/s1. The van der Waals surface area contributed by atoms with Gasteiger partial charge in [0, 0.05) is 35.7 Å². The summed E-state index contributed by atoms with van der Waals surface area (Å²) in [6.45, 7) is -0.868. The fourth-order valence-corrected chi connectivity index (χ4v) is 4.11. The number of methoxy groups -OCH3 is 1. The number of nitrogens with one attached hydrogen (secondary N) is 1. The first-order valence-electron chi connectivity index (χ1n) is 8.96. The summed E-state index contributed by atoms with van der Waals surface area (Å²) >= 11 is 12.4. The number of hydrogen-bond donors (Lipinski definition) is 1. The predicted molar refractivity (Wildman–Crippen MR) is 107 cm³/mol. The number of nitrogens with zero attached hydrogens (tertiary/aromatic N) is 3. The zero-order valence-electron chi connectivity index (χ0n) is 15.9. The molecular weight excluding hydrogens is 441 g/mol. The van der Waals surface area contributed by atoms with Gasteiger partial charge in [-0.25, -0.2) is 9.97 Å². The third kappa shape index (κ3) is 3.41. The lowest BCUT2D eigenvalue weighted by atomic mass is 9.96. The fourth-order valence-electron chi connectivity index (χ4n) is 3.72. The molecule has 0 bridgehead atoms. The van der Waals surface area contributed by atoms with Crippen LogP contribution < -0.4 is 9.47 Å². The molecule has 0 fully saturated rings. The average molecular weight is 457 g/mol. The van der Waals surface area contributed by atoms with E-state index in [4.69, 9.17) is 32.7 Å². The summed E-state index contributed by atoms with van der Waals surface area (Å²) < 4.78 is 35.7. The Balaban J connectivity index is 1.78. The van der Waals surface area contributed by atoms with Crippen molar-refractivity contribution in [3.8, 4) is 11.5 Å². The average Bonchev–Trinajstić information content (AvgIpc) is 3.12. The first kappa shape index (κ1) is 20.6. The molecule has 11 heteroatoms. The molecule has 1 aliphatic rings. The van der Waals surface area contributed by atoms with E-state index in [1.54, 1.807) is 11.8 Å². The number of benzene rings is 1. The van der Waals surface area contributed by atoms with Crippen LogP contribution in [0.3, 0.4) is 0 Å². The van der Waals surface area contributed by atoms with Gasteiger partial charge in [-0.2, -0.15) is 8.78 Å². The predicted octanol–water partition coefficient (Wildman–Crippen LogP) is 4.63. The number of carbonyl (C=O) groups is 1. The van der Waals surface area contributed by atoms with Crippen LogP contribution in [0.4, 0.5) is 8.78 Å². The van der Waals surface area contributed by atoms with E-state index < -0.39 is 12.7 Å². The zero-order chi connectivity index (χ0) is 21.6. The van der Waals surface area contributed by atoms with Crippen molar-refractivity contribution in [1.82, 2.24) is 19.9 Å². The highest BCUT2D eigenvalue weighted by atomic mass is 35.5. The minimum atomic E-state index is -3.04. The number of aromatic nitrogens is 3. The number of aromatic amines is 1. The second kappa shape index (κ2) is 7.88. The monoisotopic (exact) mass is 456 g/mol. The molecule has 1 aromatic carbocycles. The summed E-state index contributed by atoms with van der Waals surface area (Å²) in [7, 11) is 1.47. The third-order valence-corrected chi connectivity index (χ3v) is 5.86. The Kier molecular flexibility index (Phi) is 5.42. The molecule has 3 heterocycles. The molecular formula is C19H16Cl2F2N4O3. The number of hydrogen-bond acceptors (Lipinski definition) is 5. The number of fused-ring (bicyclic) bond motifs is 3. The van der Waals surface area contributed by atoms with Gasteiger partial charge in [0.2, 0.25) is 5.82 Å². The number of carbonyl (C=O) groups excluding carboxylic acids is 1. The number of ether oxygens (including phenoxy) is 2. The van der Waals surface area contributed by atoms with Crippen molar-refractivity contribution in [2.24, 2.45) is 0 Å². The molecule has 1 N–H and O–H groups in total. The molecule has 30 heavy (non-hydrogen) atoms. The van der Waals surface area contributed by atoms with Gasteiger partial charge in [0.1, 0.15) is 5.75 Å². The molecule has 1 atom stereocenters. The van der Waals surface area contributed by atoms with Crippen LogP contribution in [0.15, 0.2) is 18.5 Å². The highest BCUT2D eigenvalue weighted by molar-refractivity contribution is 6.45. The third-order valence-electron chi connectivity index (χ3n) is 5.07. The van der Waals surface area contributed by atoms with Crippen LogP contribution in [0.5, 0.6) is 11.5 Å². The van der Waals surface area contributed by atoms with E-state index in [0.29, 0.717) is 35.2 Å². The number of alkyl halides is 2. The second-order valence-corrected chi connectivity index (χ2v) is 7.47. The summed E-state index contributed by atoms with van der Waals surface area (Å²) in [6, 6.07) is 0.782. The van der Waals surface area contributed by atoms with Gasteiger partial charge in [-0.3, -0.25) is 4.79 Å². The molecule has 158 valence electrons. The second-order valence-electron chi connectivity index (χ2n) is 6.69. The van der Waals surface area contributed by atoms with Crippen LogP contribution in [0.2, 0.25) is 10.0 Å². The van der Waals surface area contributed by atoms with E-state index in [9.17, 15) is 13.6 Å². The SMILES string of the molecule is COc1cnc(C(=O)N2CCc3[nH]c4c(Cl)c(Cl)cc(OC(F)F)c4c3[C@@H]2C)nc1. The van der Waals surface area contributed by atoms with Crippen LogP contribution >= 0.6 is 23.2 Å². The highest BCUT2D eigenvalue weighted by Crippen LogP contribution is 2.45. The largest absolute Gasteiger partial charge is 0.494 e. The number of amides is 1. The normalized spacial score (nSPS) is 16.1. The molecule has 0 saturated carbocycles. The molecule has 0 unspecified atom stereocenters. The fraction of sp³-hybridized carbons (Fsp3) is 0.316. The van der Waals surface area contributed by atoms with Gasteiger partial charge in [-0.1, -0.05) is 23.2 Å². The van der Waals surface area contributed by atoms with Crippen LogP contribution in [-0.4, -0.2) is 46.0 Å². The van der Waals surface area contributed by atoms with Gasteiger partial charge in [0.05, 0.1) is 41.1 Å². The lowest BCUT2D eigenvalue weighted by Crippen LogP contribution is -2.39. The van der Waals surface area contributed by atoms with Crippen LogP contribution in [0, 0.1) is 0 Å². The lowest BCUT2D eigenvalue weighted by molar-refractivity contribution is -0.0488. The van der Waals surface area contributed by atoms with Crippen molar-refractivity contribution in [2.45, 2.75) is 26.0 Å². The molecule has 4 rings (SSSR count). The van der Waals surface area contributed by atoms with Gasteiger partial charge in [0.15, 0.2) is 5.75 Å². The molecule has 0 radical (unpaired) electrons. The number of halogens is 4. The Morgan fingerprint density at radius 3 is 2.67 bits per heavy atom. The first-order chi connectivity index (χ1) is 14.3. The van der Waals surface area contributed by atoms with Crippen LogP contribution in [-0.2, 0) is 6.42 Å². The van der Waals surface area contributed by atoms with Gasteiger partial charge < -0.3 is 19.4 Å². The smallest absolute Gasteiger partial charge is 0.387 e. The minimum Gasteiger partial charge on any atom is -0.494 e. The maximum absolute atomic E-state index is 13.0. The first-order valence-corrected chi connectivity index (χ1v) is 9.71. The van der Waals surface area contributed by atoms with Crippen molar-refractivity contribution >= 4 is 40.0 Å². The van der Waals surface area contributed by atoms with E-state index in [2.05, 4.69) is 15.0 Å². The summed E-state index contributed by atoms with van der Waals surface area (Å²) in [6.07, 6.45) is 3.27. The molecule has 7 nitrogen and oxygen atoms in total. The van der Waals surface area contributed by atoms with E-state index in [1.165, 1.54) is 25.6 Å². The van der Waals surface area contributed by atoms with Crippen molar-refractivity contribution in [3.05, 3.63) is 45.6 Å². The molecule has 1 amide bonds. The van der Waals surface area contributed by atoms with Crippen molar-refractivity contribution in [3.63, 3.8) is 0 Å². The highest BCUT2D eigenvalue weighted by Gasteiger charge is 2.34. The summed E-state index contributed by atoms with van der Waals surface area (Å²) in [5.74, 6) is -0.0520. The van der Waals surface area contributed by atoms with E-state index in [0.717, 1.165) is 5.69 Å². The molecule has 3 aromatic rings. The molecule has 2 aromatic heterocycles. The van der Waals surface area contributed by atoms with E-state index in [-0.39, 0.29) is 27.5 Å². The lowest BCUT2D eigenvalue weighted by Gasteiger charge is -2.33. The van der Waals surface area contributed by atoms with Gasteiger partial charge in [-0.05, 0) is 6.92 Å².